The fourth-order valence-electron chi connectivity index (χ4n) is 7.04. The second-order valence-corrected chi connectivity index (χ2v) is 20.6. The first-order chi connectivity index (χ1) is 31.5. The first-order valence-corrected chi connectivity index (χ1v) is 25.6. The molecule has 0 aliphatic carbocycles. The number of amides is 3. The van der Waals surface area contributed by atoms with Crippen LogP contribution in [0.5, 0.6) is 0 Å². The maximum Gasteiger partial charge on any atom is 0.410 e. The molecule has 3 amide bonds. The van der Waals surface area contributed by atoms with Crippen molar-refractivity contribution in [3.8, 4) is 0 Å². The zero-order chi connectivity index (χ0) is 50.6. The van der Waals surface area contributed by atoms with Crippen LogP contribution >= 0.6 is 0 Å². The van der Waals surface area contributed by atoms with Crippen LogP contribution in [0.15, 0.2) is 0 Å². The standard InChI is InChI=1S/C51H95N3O13/c1-49(2,3)65-46(60)52(37-40-55)34-28-22-17-11-14-20-26-32-44(58)64-42-39-54(48(62)67-51(7,8)9)36-30-24-18-12-15-21-27-33-45(59)63-41-38-53(47(61)66-50(4,5)6)35-29-23-16-10-13-19-25-31-43(56)57/h55H,10-42H2,1-9H3,(H,56,57). The van der Waals surface area contributed by atoms with Crippen LogP contribution in [0.4, 0.5) is 14.4 Å². The third-order valence-corrected chi connectivity index (χ3v) is 10.5. The van der Waals surface area contributed by atoms with Gasteiger partial charge in [-0.15, -0.1) is 0 Å². The molecule has 0 saturated carbocycles. The minimum absolute atomic E-state index is 0.104. The van der Waals surface area contributed by atoms with Crippen molar-refractivity contribution >= 4 is 36.2 Å². The van der Waals surface area contributed by atoms with Gasteiger partial charge in [0.05, 0.1) is 19.7 Å². The van der Waals surface area contributed by atoms with Gasteiger partial charge in [0.1, 0.15) is 30.0 Å². The Morgan fingerprint density at radius 1 is 0.358 bits per heavy atom. The van der Waals surface area contributed by atoms with Crippen LogP contribution in [0, 0.1) is 0 Å². The largest absolute Gasteiger partial charge is 0.481 e. The molecule has 0 aromatic heterocycles. The quantitative estimate of drug-likeness (QED) is 0.0337. The van der Waals surface area contributed by atoms with Crippen molar-refractivity contribution in [3.05, 3.63) is 0 Å². The van der Waals surface area contributed by atoms with Crippen molar-refractivity contribution in [2.75, 3.05) is 59.1 Å². The van der Waals surface area contributed by atoms with Crippen LogP contribution in [-0.2, 0) is 38.1 Å². The van der Waals surface area contributed by atoms with E-state index < -0.39 is 41.1 Å². The van der Waals surface area contributed by atoms with Gasteiger partial charge in [-0.1, -0.05) is 96.3 Å². The van der Waals surface area contributed by atoms with Crippen LogP contribution < -0.4 is 0 Å². The van der Waals surface area contributed by atoms with Gasteiger partial charge in [-0.3, -0.25) is 14.4 Å². The van der Waals surface area contributed by atoms with Gasteiger partial charge in [0, 0.05) is 45.4 Å². The molecule has 0 aliphatic rings. The van der Waals surface area contributed by atoms with Crippen LogP contribution in [0.3, 0.4) is 0 Å². The highest BCUT2D eigenvalue weighted by Crippen LogP contribution is 2.17. The molecule has 0 aromatic rings. The number of esters is 2. The van der Waals surface area contributed by atoms with Gasteiger partial charge < -0.3 is 48.6 Å². The molecule has 16 nitrogen and oxygen atoms in total. The molecule has 67 heavy (non-hydrogen) atoms. The van der Waals surface area contributed by atoms with Gasteiger partial charge in [-0.05, 0) is 101 Å². The van der Waals surface area contributed by atoms with Crippen molar-refractivity contribution in [3.63, 3.8) is 0 Å². The minimum Gasteiger partial charge on any atom is -0.481 e. The summed E-state index contributed by atoms with van der Waals surface area (Å²) in [4.78, 5) is 78.5. The molecule has 2 N–H and O–H groups in total. The predicted octanol–water partition coefficient (Wildman–Crippen LogP) is 11.2. The average molecular weight is 958 g/mol. The fourth-order valence-corrected chi connectivity index (χ4v) is 7.04. The summed E-state index contributed by atoms with van der Waals surface area (Å²) < 4.78 is 27.6. The number of carboxylic acids is 1. The molecule has 0 saturated heterocycles. The average Bonchev–Trinajstić information content (AvgIpc) is 3.20. The first kappa shape index (κ1) is 63.2. The second-order valence-electron chi connectivity index (χ2n) is 20.6. The van der Waals surface area contributed by atoms with Crippen molar-refractivity contribution in [1.82, 2.24) is 14.7 Å². The molecule has 0 fully saturated rings. The molecule has 0 unspecified atom stereocenters. The Hall–Kier alpha value is -3.82. The van der Waals surface area contributed by atoms with E-state index >= 15 is 0 Å². The van der Waals surface area contributed by atoms with Gasteiger partial charge in [0.2, 0.25) is 0 Å². The van der Waals surface area contributed by atoms with E-state index in [1.165, 1.54) is 0 Å². The Balaban J connectivity index is 4.35. The van der Waals surface area contributed by atoms with Crippen molar-refractivity contribution in [2.45, 2.75) is 233 Å². The zero-order valence-corrected chi connectivity index (χ0v) is 43.6. The van der Waals surface area contributed by atoms with Gasteiger partial charge in [0.25, 0.3) is 0 Å². The minimum atomic E-state index is -0.754. The number of carbonyl (C=O) groups is 6. The molecule has 0 aliphatic heterocycles. The highest BCUT2D eigenvalue weighted by atomic mass is 16.6. The highest BCUT2D eigenvalue weighted by Gasteiger charge is 2.24. The fraction of sp³-hybridized carbons (Fsp3) is 0.882. The second kappa shape index (κ2) is 37.1. The number of nitrogens with zero attached hydrogens (tertiary/aromatic N) is 3. The summed E-state index contributed by atoms with van der Waals surface area (Å²) in [5.74, 6) is -1.30. The summed E-state index contributed by atoms with van der Waals surface area (Å²) in [6.45, 7) is 18.9. The van der Waals surface area contributed by atoms with Gasteiger partial charge >= 0.3 is 36.2 Å². The monoisotopic (exact) mass is 958 g/mol. The third kappa shape index (κ3) is 40.9. The van der Waals surface area contributed by atoms with E-state index in [2.05, 4.69) is 0 Å². The summed E-state index contributed by atoms with van der Waals surface area (Å²) in [7, 11) is 0. The molecule has 0 heterocycles. The predicted molar refractivity (Wildman–Crippen MR) is 261 cm³/mol. The van der Waals surface area contributed by atoms with Crippen molar-refractivity contribution < 1.29 is 62.7 Å². The number of hydrogen-bond donors (Lipinski definition) is 2. The zero-order valence-electron chi connectivity index (χ0n) is 43.6. The number of rotatable bonds is 38. The Morgan fingerprint density at radius 2 is 0.612 bits per heavy atom. The van der Waals surface area contributed by atoms with Gasteiger partial charge in [-0.25, -0.2) is 14.4 Å². The maximum absolute atomic E-state index is 13.0. The highest BCUT2D eigenvalue weighted by molar-refractivity contribution is 5.71. The van der Waals surface area contributed by atoms with Crippen LogP contribution in [-0.4, -0.2) is 137 Å². The molecule has 0 spiro atoms. The lowest BCUT2D eigenvalue weighted by Gasteiger charge is -2.27. The van der Waals surface area contributed by atoms with E-state index in [1.54, 1.807) is 14.7 Å². The van der Waals surface area contributed by atoms with E-state index in [4.69, 9.17) is 28.8 Å². The van der Waals surface area contributed by atoms with E-state index in [-0.39, 0.29) is 57.8 Å². The van der Waals surface area contributed by atoms with E-state index in [1.807, 2.05) is 62.3 Å². The number of unbranched alkanes of at least 4 members (excludes halogenated alkanes) is 18. The Morgan fingerprint density at radius 3 is 0.881 bits per heavy atom. The number of ether oxygens (including phenoxy) is 5. The number of aliphatic carboxylic acids is 1. The van der Waals surface area contributed by atoms with Crippen molar-refractivity contribution in [2.24, 2.45) is 0 Å². The van der Waals surface area contributed by atoms with Crippen LogP contribution in [0.25, 0.3) is 0 Å². The Kier molecular flexibility index (Phi) is 35.0. The molecular weight excluding hydrogens is 863 g/mol. The number of aliphatic hydroxyl groups excluding tert-OH is 1. The Bertz CT molecular complexity index is 1360. The van der Waals surface area contributed by atoms with E-state index in [9.17, 15) is 33.9 Å². The summed E-state index contributed by atoms with van der Waals surface area (Å²) >= 11 is 0. The molecule has 0 bridgehead atoms. The molecule has 392 valence electrons. The molecule has 0 aromatic carbocycles. The number of carbonyl (C=O) groups excluding carboxylic acids is 5. The molecule has 0 radical (unpaired) electrons. The molecule has 16 heteroatoms. The summed E-state index contributed by atoms with van der Waals surface area (Å²) in [6, 6.07) is 0. The van der Waals surface area contributed by atoms with Crippen LogP contribution in [0.1, 0.15) is 216 Å². The van der Waals surface area contributed by atoms with E-state index in [0.29, 0.717) is 38.9 Å². The van der Waals surface area contributed by atoms with E-state index in [0.717, 1.165) is 128 Å². The SMILES string of the molecule is CC(C)(C)OC(=O)N(CCO)CCCCCCCCCC(=O)OCCN(CCCCCCCCCC(=O)OCCN(CCCCCCCCCC(=O)O)C(=O)OC(C)(C)C)C(=O)OC(C)(C)C. The topological polar surface area (TPSA) is 199 Å². The molecular formula is C51H95N3O13. The van der Waals surface area contributed by atoms with Crippen molar-refractivity contribution in [1.29, 1.82) is 0 Å². The summed E-state index contributed by atoms with van der Waals surface area (Å²) in [6.07, 6.45) is 18.9. The Labute approximate surface area is 404 Å². The lowest BCUT2D eigenvalue weighted by molar-refractivity contribution is -0.145. The first-order valence-electron chi connectivity index (χ1n) is 25.6. The molecule has 0 atom stereocenters. The number of aliphatic hydroxyl groups is 1. The smallest absolute Gasteiger partial charge is 0.410 e. The van der Waals surface area contributed by atoms with Crippen LogP contribution in [0.2, 0.25) is 0 Å². The third-order valence-electron chi connectivity index (χ3n) is 10.5. The van der Waals surface area contributed by atoms with Gasteiger partial charge in [0.15, 0.2) is 0 Å². The maximum atomic E-state index is 13.0. The lowest BCUT2D eigenvalue weighted by atomic mass is 10.1. The lowest BCUT2D eigenvalue weighted by Crippen LogP contribution is -2.39. The summed E-state index contributed by atoms with van der Waals surface area (Å²) in [5, 5.41) is 18.1. The van der Waals surface area contributed by atoms with Gasteiger partial charge in [-0.2, -0.15) is 0 Å². The normalized spacial score (nSPS) is 11.7. The number of hydrogen-bond acceptors (Lipinski definition) is 12. The molecule has 0 rings (SSSR count). The number of carboxylic acid groups (broad SMARTS) is 1. The summed E-state index contributed by atoms with van der Waals surface area (Å²) in [5.41, 5.74) is -1.86.